The number of aliphatic hydroxyl groups excluding tert-OH is 4. The van der Waals surface area contributed by atoms with E-state index < -0.39 is 69.9 Å². The number of halogens is 4. The van der Waals surface area contributed by atoms with Gasteiger partial charge in [0.1, 0.15) is 57.6 Å². The first-order valence-corrected chi connectivity index (χ1v) is 12.6. The van der Waals surface area contributed by atoms with E-state index in [0.29, 0.717) is 0 Å². The molecule has 0 aromatic carbocycles. The van der Waals surface area contributed by atoms with Crippen molar-refractivity contribution in [3.8, 4) is 24.7 Å². The molecule has 4 unspecified atom stereocenters. The number of terminal acetylenes is 2. The second-order valence-electron chi connectivity index (χ2n) is 8.47. The maximum atomic E-state index is 13.7. The number of rotatable bonds is 29. The van der Waals surface area contributed by atoms with E-state index >= 15 is 0 Å². The summed E-state index contributed by atoms with van der Waals surface area (Å²) < 4.78 is 97.0. The largest absolute Gasteiger partial charge is 0.388 e. The van der Waals surface area contributed by atoms with Gasteiger partial charge in [-0.05, 0) is 0 Å². The molecule has 0 bridgehead atoms. The lowest BCUT2D eigenvalue weighted by molar-refractivity contribution is -0.396. The van der Waals surface area contributed by atoms with Gasteiger partial charge in [0.05, 0.1) is 66.1 Å². The van der Waals surface area contributed by atoms with Crippen molar-refractivity contribution in [1.29, 1.82) is 0 Å². The maximum absolute atomic E-state index is 13.7. The van der Waals surface area contributed by atoms with Gasteiger partial charge in [0.2, 0.25) is 0 Å². The fraction of sp³-hybridized carbons (Fsp3) is 0.840. The highest BCUT2D eigenvalue weighted by atomic mass is 19.3. The lowest BCUT2D eigenvalue weighted by Gasteiger charge is -2.24. The molecule has 246 valence electrons. The van der Waals surface area contributed by atoms with Gasteiger partial charge in [-0.25, -0.2) is 0 Å². The molecule has 0 aliphatic carbocycles. The maximum Gasteiger partial charge on any atom is 0.383 e. The smallest absolute Gasteiger partial charge is 0.383 e. The topological polar surface area (TPSA) is 164 Å². The fourth-order valence-electron chi connectivity index (χ4n) is 2.59. The second-order valence-corrected chi connectivity index (χ2v) is 8.47. The molecule has 0 aliphatic heterocycles. The zero-order chi connectivity index (χ0) is 31.7. The van der Waals surface area contributed by atoms with Gasteiger partial charge in [-0.1, -0.05) is 11.8 Å². The van der Waals surface area contributed by atoms with Gasteiger partial charge in [-0.15, -0.1) is 12.8 Å². The minimum Gasteiger partial charge on any atom is -0.388 e. The van der Waals surface area contributed by atoms with Crippen molar-refractivity contribution in [3.63, 3.8) is 0 Å². The molecule has 17 heteroatoms. The molecule has 0 aromatic heterocycles. The predicted octanol–water partition coefficient (Wildman–Crippen LogP) is -1.01. The van der Waals surface area contributed by atoms with Crippen molar-refractivity contribution in [1.82, 2.24) is 0 Å². The van der Waals surface area contributed by atoms with Gasteiger partial charge >= 0.3 is 12.2 Å². The number of hydrogen-bond acceptors (Lipinski definition) is 13. The number of alkyl halides is 4. The van der Waals surface area contributed by atoms with Crippen LogP contribution in [-0.2, 0) is 42.6 Å². The van der Waals surface area contributed by atoms with E-state index in [4.69, 9.17) is 41.3 Å². The molecule has 4 N–H and O–H groups in total. The molecule has 0 radical (unpaired) electrons. The summed E-state index contributed by atoms with van der Waals surface area (Å²) in [6.45, 7) is -5.78. The Labute approximate surface area is 241 Å². The SMILES string of the molecule is C#CCOCC(O)COCC(O)COCCOCOCC(F)(F)OC(F)(F)COCC(O)COCC(O)COCC#C. The number of ether oxygens (including phenoxy) is 9. The molecule has 0 rings (SSSR count). The zero-order valence-corrected chi connectivity index (χ0v) is 23.0. The highest BCUT2D eigenvalue weighted by Crippen LogP contribution is 2.27. The Hall–Kier alpha value is -1.68. The Balaban J connectivity index is 3.85. The first-order valence-electron chi connectivity index (χ1n) is 12.6. The van der Waals surface area contributed by atoms with Crippen LogP contribution in [-0.4, -0.2) is 156 Å². The average molecular weight is 625 g/mol. The van der Waals surface area contributed by atoms with E-state index in [-0.39, 0.29) is 66.1 Å². The molecule has 0 fully saturated rings. The van der Waals surface area contributed by atoms with Crippen molar-refractivity contribution >= 4 is 0 Å². The summed E-state index contributed by atoms with van der Waals surface area (Å²) in [5.74, 6) is 4.43. The second kappa shape index (κ2) is 24.7. The van der Waals surface area contributed by atoms with E-state index in [1.165, 1.54) is 0 Å². The molecular weight excluding hydrogens is 584 g/mol. The molecular formula is C25H40F4O13. The lowest BCUT2D eigenvalue weighted by Crippen LogP contribution is -2.40. The molecule has 42 heavy (non-hydrogen) atoms. The molecule has 0 spiro atoms. The summed E-state index contributed by atoms with van der Waals surface area (Å²) in [6.07, 6.45) is -3.18. The van der Waals surface area contributed by atoms with Crippen molar-refractivity contribution in [2.75, 3.05) is 99.3 Å². The average Bonchev–Trinajstić information content (AvgIpc) is 2.89. The van der Waals surface area contributed by atoms with Gasteiger partial charge in [-0.2, -0.15) is 17.6 Å². The highest BCUT2D eigenvalue weighted by molar-refractivity contribution is 4.83. The zero-order valence-electron chi connectivity index (χ0n) is 23.0. The molecule has 0 amide bonds. The standard InChI is InChI=1S/C25H40F4O13/c1-3-5-34-9-20(30)12-38-14-22(32)11-36-7-8-37-19-41-18-25(28,29)42-24(26,27)17-40-16-23(33)15-39-13-21(31)10-35-6-4-2/h1-2,20-23,30-33H,5-19H2. The number of aliphatic hydroxyl groups is 4. The Morgan fingerprint density at radius 1 is 0.500 bits per heavy atom. The number of hydrogen-bond donors (Lipinski definition) is 4. The first-order chi connectivity index (χ1) is 19.9. The summed E-state index contributed by atoms with van der Waals surface area (Å²) >= 11 is 0. The molecule has 0 saturated heterocycles. The Bertz CT molecular complexity index is 736. The van der Waals surface area contributed by atoms with Gasteiger partial charge in [0.25, 0.3) is 0 Å². The van der Waals surface area contributed by atoms with E-state index in [9.17, 15) is 38.0 Å². The first kappa shape index (κ1) is 40.3. The minimum atomic E-state index is -4.41. The van der Waals surface area contributed by atoms with E-state index in [0.717, 1.165) is 0 Å². The van der Waals surface area contributed by atoms with Crippen molar-refractivity contribution in [3.05, 3.63) is 0 Å². The van der Waals surface area contributed by atoms with Crippen LogP contribution in [0.1, 0.15) is 0 Å². The van der Waals surface area contributed by atoms with Crippen LogP contribution in [0.25, 0.3) is 0 Å². The van der Waals surface area contributed by atoms with Crippen molar-refractivity contribution in [2.45, 2.75) is 36.6 Å². The van der Waals surface area contributed by atoms with Crippen LogP contribution in [0.3, 0.4) is 0 Å². The lowest BCUT2D eigenvalue weighted by atomic mass is 10.4. The summed E-state index contributed by atoms with van der Waals surface area (Å²) in [4.78, 5) is 0. The van der Waals surface area contributed by atoms with Crippen LogP contribution in [0, 0.1) is 24.7 Å². The van der Waals surface area contributed by atoms with Crippen LogP contribution >= 0.6 is 0 Å². The molecule has 0 aliphatic rings. The van der Waals surface area contributed by atoms with Gasteiger partial charge in [0.15, 0.2) is 0 Å². The van der Waals surface area contributed by atoms with E-state index in [2.05, 4.69) is 26.1 Å². The van der Waals surface area contributed by atoms with E-state index in [1.54, 1.807) is 0 Å². The Morgan fingerprint density at radius 3 is 1.31 bits per heavy atom. The van der Waals surface area contributed by atoms with Crippen LogP contribution < -0.4 is 0 Å². The van der Waals surface area contributed by atoms with Crippen LogP contribution in [0.5, 0.6) is 0 Å². The van der Waals surface area contributed by atoms with Gasteiger partial charge in [0, 0.05) is 0 Å². The summed E-state index contributed by atoms with van der Waals surface area (Å²) in [5.41, 5.74) is 0. The third-order valence-electron chi connectivity index (χ3n) is 4.23. The van der Waals surface area contributed by atoms with E-state index in [1.807, 2.05) is 0 Å². The summed E-state index contributed by atoms with van der Waals surface area (Å²) in [5, 5.41) is 38.4. The summed E-state index contributed by atoms with van der Waals surface area (Å²) in [6, 6.07) is 0. The predicted molar refractivity (Wildman–Crippen MR) is 134 cm³/mol. The fourth-order valence-corrected chi connectivity index (χ4v) is 2.59. The van der Waals surface area contributed by atoms with Crippen LogP contribution in [0.2, 0.25) is 0 Å². The molecule has 0 aromatic rings. The van der Waals surface area contributed by atoms with Gasteiger partial charge < -0.3 is 58.3 Å². The van der Waals surface area contributed by atoms with Crippen molar-refractivity contribution in [2.24, 2.45) is 0 Å². The third kappa shape index (κ3) is 26.0. The Morgan fingerprint density at radius 2 is 0.857 bits per heavy atom. The third-order valence-corrected chi connectivity index (χ3v) is 4.23. The molecule has 4 atom stereocenters. The molecule has 0 heterocycles. The highest BCUT2D eigenvalue weighted by Gasteiger charge is 2.44. The van der Waals surface area contributed by atoms with Crippen LogP contribution in [0.4, 0.5) is 17.6 Å². The normalized spacial score (nSPS) is 15.1. The quantitative estimate of drug-likeness (QED) is 0.0347. The van der Waals surface area contributed by atoms with Crippen LogP contribution in [0.15, 0.2) is 0 Å². The Kier molecular flexibility index (Phi) is 23.7. The van der Waals surface area contributed by atoms with Crippen molar-refractivity contribution < 1.29 is 80.6 Å². The molecule has 13 nitrogen and oxygen atoms in total. The van der Waals surface area contributed by atoms with Gasteiger partial charge in [-0.3, -0.25) is 4.74 Å². The summed E-state index contributed by atoms with van der Waals surface area (Å²) in [7, 11) is 0. The molecule has 0 saturated carbocycles. The minimum absolute atomic E-state index is 0.00998. The monoisotopic (exact) mass is 624 g/mol.